The van der Waals surface area contributed by atoms with E-state index < -0.39 is 0 Å². The van der Waals surface area contributed by atoms with Gasteiger partial charge in [-0.25, -0.2) is 5.43 Å². The molecule has 0 fully saturated rings. The topological polar surface area (TPSA) is 83.8 Å². The standard InChI is InChI=1S/C18H15N3O3/c1-24-15-5-7-17(22)14(10-15)11-20-21-18(23)13-4-6-16-12(9-13)3-2-8-19-16/h2-11,22H,1H3,(H,21,23)/b20-11-. The third-order valence-electron chi connectivity index (χ3n) is 3.47. The van der Waals surface area contributed by atoms with Gasteiger partial charge >= 0.3 is 0 Å². The number of phenols is 1. The van der Waals surface area contributed by atoms with Gasteiger partial charge in [0.15, 0.2) is 0 Å². The van der Waals surface area contributed by atoms with Crippen molar-refractivity contribution in [3.63, 3.8) is 0 Å². The molecule has 1 heterocycles. The van der Waals surface area contributed by atoms with Crippen molar-refractivity contribution in [2.75, 3.05) is 7.11 Å². The van der Waals surface area contributed by atoms with Crippen LogP contribution in [0.15, 0.2) is 59.8 Å². The highest BCUT2D eigenvalue weighted by molar-refractivity contribution is 5.98. The Labute approximate surface area is 138 Å². The van der Waals surface area contributed by atoms with Crippen molar-refractivity contribution in [1.29, 1.82) is 0 Å². The highest BCUT2D eigenvalue weighted by Gasteiger charge is 2.06. The van der Waals surface area contributed by atoms with Crippen molar-refractivity contribution in [2.45, 2.75) is 0 Å². The Morgan fingerprint density at radius 1 is 1.25 bits per heavy atom. The van der Waals surface area contributed by atoms with Gasteiger partial charge in [-0.15, -0.1) is 0 Å². The SMILES string of the molecule is COc1ccc(O)c(/C=N\NC(=O)c2ccc3ncccc3c2)c1. The first-order chi connectivity index (χ1) is 11.7. The van der Waals surface area contributed by atoms with E-state index in [4.69, 9.17) is 4.74 Å². The summed E-state index contributed by atoms with van der Waals surface area (Å²) < 4.78 is 5.08. The second-order valence-corrected chi connectivity index (χ2v) is 5.03. The van der Waals surface area contributed by atoms with Crippen molar-refractivity contribution in [3.05, 3.63) is 65.9 Å². The number of carbonyl (C=O) groups is 1. The van der Waals surface area contributed by atoms with E-state index in [1.54, 1.807) is 36.5 Å². The van der Waals surface area contributed by atoms with Gasteiger partial charge in [0.05, 0.1) is 18.8 Å². The zero-order valence-corrected chi connectivity index (χ0v) is 12.9. The molecule has 24 heavy (non-hydrogen) atoms. The molecule has 0 saturated heterocycles. The summed E-state index contributed by atoms with van der Waals surface area (Å²) in [5, 5.41) is 14.5. The van der Waals surface area contributed by atoms with E-state index in [1.165, 1.54) is 19.4 Å². The number of aromatic nitrogens is 1. The largest absolute Gasteiger partial charge is 0.507 e. The molecule has 0 spiro atoms. The number of methoxy groups -OCH3 is 1. The van der Waals surface area contributed by atoms with Crippen LogP contribution in [0.2, 0.25) is 0 Å². The summed E-state index contributed by atoms with van der Waals surface area (Å²) in [7, 11) is 1.53. The lowest BCUT2D eigenvalue weighted by molar-refractivity contribution is 0.0955. The van der Waals surface area contributed by atoms with Crippen LogP contribution in [-0.2, 0) is 0 Å². The molecule has 0 atom stereocenters. The summed E-state index contributed by atoms with van der Waals surface area (Å²) in [6.07, 6.45) is 3.06. The van der Waals surface area contributed by atoms with E-state index in [-0.39, 0.29) is 11.7 Å². The summed E-state index contributed by atoms with van der Waals surface area (Å²) >= 11 is 0. The van der Waals surface area contributed by atoms with Crippen LogP contribution in [0, 0.1) is 0 Å². The van der Waals surface area contributed by atoms with Crippen LogP contribution >= 0.6 is 0 Å². The van der Waals surface area contributed by atoms with Crippen molar-refractivity contribution in [2.24, 2.45) is 5.10 Å². The molecule has 0 unspecified atom stereocenters. The Balaban J connectivity index is 1.74. The number of hydrogen-bond acceptors (Lipinski definition) is 5. The Kier molecular flexibility index (Phi) is 4.38. The van der Waals surface area contributed by atoms with Gasteiger partial charge in [0, 0.05) is 22.7 Å². The van der Waals surface area contributed by atoms with Gasteiger partial charge in [0.1, 0.15) is 11.5 Å². The molecule has 6 heteroatoms. The third kappa shape index (κ3) is 3.33. The summed E-state index contributed by atoms with van der Waals surface area (Å²) in [5.74, 6) is 0.285. The highest BCUT2D eigenvalue weighted by Crippen LogP contribution is 2.21. The van der Waals surface area contributed by atoms with Crippen LogP contribution in [0.4, 0.5) is 0 Å². The molecule has 0 radical (unpaired) electrons. The molecule has 0 saturated carbocycles. The lowest BCUT2D eigenvalue weighted by Gasteiger charge is -2.04. The zero-order valence-electron chi connectivity index (χ0n) is 12.9. The number of ether oxygens (including phenoxy) is 1. The Hall–Kier alpha value is -3.41. The third-order valence-corrected chi connectivity index (χ3v) is 3.47. The monoisotopic (exact) mass is 321 g/mol. The van der Waals surface area contributed by atoms with Gasteiger partial charge in [0.2, 0.25) is 0 Å². The first-order valence-electron chi connectivity index (χ1n) is 7.22. The summed E-state index contributed by atoms with van der Waals surface area (Å²) in [4.78, 5) is 16.4. The van der Waals surface area contributed by atoms with Crippen LogP contribution in [-0.4, -0.2) is 29.3 Å². The molecule has 0 aliphatic rings. The van der Waals surface area contributed by atoms with E-state index in [9.17, 15) is 9.90 Å². The Morgan fingerprint density at radius 3 is 2.96 bits per heavy atom. The molecule has 120 valence electrons. The lowest BCUT2D eigenvalue weighted by atomic mass is 10.1. The maximum absolute atomic E-state index is 12.2. The molecule has 3 rings (SSSR count). The summed E-state index contributed by atoms with van der Waals surface area (Å²) in [6, 6.07) is 13.7. The minimum absolute atomic E-state index is 0.0468. The van der Waals surface area contributed by atoms with Crippen LogP contribution in [0.25, 0.3) is 10.9 Å². The average Bonchev–Trinajstić information content (AvgIpc) is 2.62. The fraction of sp³-hybridized carbons (Fsp3) is 0.0556. The minimum atomic E-state index is -0.348. The van der Waals surface area contributed by atoms with Gasteiger partial charge in [-0.3, -0.25) is 9.78 Å². The van der Waals surface area contributed by atoms with E-state index in [1.807, 2.05) is 12.1 Å². The van der Waals surface area contributed by atoms with Gasteiger partial charge in [0.25, 0.3) is 5.91 Å². The fourth-order valence-corrected chi connectivity index (χ4v) is 2.20. The zero-order chi connectivity index (χ0) is 16.9. The summed E-state index contributed by atoms with van der Waals surface area (Å²) in [6.45, 7) is 0. The number of phenolic OH excluding ortho intramolecular Hbond substituents is 1. The van der Waals surface area contributed by atoms with Gasteiger partial charge in [-0.05, 0) is 42.5 Å². The van der Waals surface area contributed by atoms with Crippen LogP contribution in [0.5, 0.6) is 11.5 Å². The van der Waals surface area contributed by atoms with Crippen LogP contribution in [0.1, 0.15) is 15.9 Å². The number of benzene rings is 2. The van der Waals surface area contributed by atoms with E-state index in [0.29, 0.717) is 16.9 Å². The molecule has 1 aromatic heterocycles. The molecule has 3 aromatic rings. The molecule has 0 aliphatic heterocycles. The lowest BCUT2D eigenvalue weighted by Crippen LogP contribution is -2.17. The Morgan fingerprint density at radius 2 is 2.12 bits per heavy atom. The molecule has 6 nitrogen and oxygen atoms in total. The number of carbonyl (C=O) groups excluding carboxylic acids is 1. The first kappa shape index (κ1) is 15.5. The fourth-order valence-electron chi connectivity index (χ4n) is 2.20. The molecular formula is C18H15N3O3. The van der Waals surface area contributed by atoms with Crippen molar-refractivity contribution < 1.29 is 14.6 Å². The van der Waals surface area contributed by atoms with E-state index in [0.717, 1.165) is 10.9 Å². The number of nitrogens with one attached hydrogen (secondary N) is 1. The van der Waals surface area contributed by atoms with Gasteiger partial charge in [-0.2, -0.15) is 5.10 Å². The molecule has 0 bridgehead atoms. The number of rotatable bonds is 4. The van der Waals surface area contributed by atoms with E-state index in [2.05, 4.69) is 15.5 Å². The van der Waals surface area contributed by atoms with E-state index >= 15 is 0 Å². The molecule has 1 amide bonds. The van der Waals surface area contributed by atoms with Gasteiger partial charge in [-0.1, -0.05) is 6.07 Å². The number of nitrogens with zero attached hydrogens (tertiary/aromatic N) is 2. The predicted octanol–water partition coefficient (Wildman–Crippen LogP) is 2.71. The average molecular weight is 321 g/mol. The van der Waals surface area contributed by atoms with Crippen molar-refractivity contribution in [1.82, 2.24) is 10.4 Å². The molecule has 2 aromatic carbocycles. The number of hydrazone groups is 1. The quantitative estimate of drug-likeness (QED) is 0.571. The van der Waals surface area contributed by atoms with Crippen molar-refractivity contribution in [3.8, 4) is 11.5 Å². The predicted molar refractivity (Wildman–Crippen MR) is 91.5 cm³/mol. The maximum atomic E-state index is 12.2. The Bertz CT molecular complexity index is 922. The summed E-state index contributed by atoms with van der Waals surface area (Å²) in [5.41, 5.74) is 4.17. The molecule has 2 N–H and O–H groups in total. The van der Waals surface area contributed by atoms with Crippen molar-refractivity contribution >= 4 is 23.0 Å². The maximum Gasteiger partial charge on any atom is 0.271 e. The number of aromatic hydroxyl groups is 1. The molecular weight excluding hydrogens is 306 g/mol. The first-order valence-corrected chi connectivity index (χ1v) is 7.22. The van der Waals surface area contributed by atoms with Crippen LogP contribution < -0.4 is 10.2 Å². The number of hydrogen-bond donors (Lipinski definition) is 2. The molecule has 0 aliphatic carbocycles. The highest BCUT2D eigenvalue weighted by atomic mass is 16.5. The minimum Gasteiger partial charge on any atom is -0.507 e. The van der Waals surface area contributed by atoms with Crippen LogP contribution in [0.3, 0.4) is 0 Å². The smallest absolute Gasteiger partial charge is 0.271 e. The number of pyridine rings is 1. The van der Waals surface area contributed by atoms with Gasteiger partial charge < -0.3 is 9.84 Å². The number of fused-ring (bicyclic) bond motifs is 1. The second-order valence-electron chi connectivity index (χ2n) is 5.03. The number of amides is 1. The second kappa shape index (κ2) is 6.78. The normalized spacial score (nSPS) is 10.9.